The Bertz CT molecular complexity index is 481. The predicted molar refractivity (Wildman–Crippen MR) is 77.2 cm³/mol. The highest BCUT2D eigenvalue weighted by Crippen LogP contribution is 2.17. The van der Waals surface area contributed by atoms with Crippen molar-refractivity contribution in [3.05, 3.63) is 34.3 Å². The highest BCUT2D eigenvalue weighted by Gasteiger charge is 2.24. The molecule has 110 valence electrons. The molecular formula is C14H17BrFNO3. The highest BCUT2D eigenvalue weighted by molar-refractivity contribution is 9.10. The van der Waals surface area contributed by atoms with Gasteiger partial charge >= 0.3 is 5.97 Å². The van der Waals surface area contributed by atoms with Gasteiger partial charge in [0.05, 0.1) is 0 Å². The SMILES string of the molecule is CCC(Cc1cccc(Br)c1)C(=O)NC(CF)C(=O)O. The van der Waals surface area contributed by atoms with Crippen LogP contribution in [0.2, 0.25) is 0 Å². The van der Waals surface area contributed by atoms with Crippen LogP contribution in [-0.2, 0) is 16.0 Å². The van der Waals surface area contributed by atoms with Gasteiger partial charge in [-0.3, -0.25) is 4.79 Å². The van der Waals surface area contributed by atoms with Crippen molar-refractivity contribution in [3.8, 4) is 0 Å². The Morgan fingerprint density at radius 1 is 1.45 bits per heavy atom. The van der Waals surface area contributed by atoms with E-state index in [1.165, 1.54) is 0 Å². The number of rotatable bonds is 7. The van der Waals surface area contributed by atoms with Crippen LogP contribution in [0.5, 0.6) is 0 Å². The van der Waals surface area contributed by atoms with Gasteiger partial charge in [-0.25, -0.2) is 9.18 Å². The minimum absolute atomic E-state index is 0.377. The molecule has 2 N–H and O–H groups in total. The predicted octanol–water partition coefficient (Wildman–Crippen LogP) is 2.56. The molecule has 6 heteroatoms. The Labute approximate surface area is 125 Å². The van der Waals surface area contributed by atoms with E-state index < -0.39 is 24.6 Å². The first-order chi connectivity index (χ1) is 9.47. The maximum atomic E-state index is 12.5. The highest BCUT2D eigenvalue weighted by atomic mass is 79.9. The summed E-state index contributed by atoms with van der Waals surface area (Å²) in [6, 6.07) is 6.07. The summed E-state index contributed by atoms with van der Waals surface area (Å²) in [4.78, 5) is 22.7. The third-order valence-electron chi connectivity index (χ3n) is 3.00. The lowest BCUT2D eigenvalue weighted by Gasteiger charge is -2.18. The minimum atomic E-state index is -1.47. The van der Waals surface area contributed by atoms with Crippen LogP contribution in [0.25, 0.3) is 0 Å². The van der Waals surface area contributed by atoms with Crippen molar-refractivity contribution in [3.63, 3.8) is 0 Å². The number of nitrogens with one attached hydrogen (secondary N) is 1. The van der Waals surface area contributed by atoms with Crippen LogP contribution in [0.15, 0.2) is 28.7 Å². The number of halogens is 2. The summed E-state index contributed by atoms with van der Waals surface area (Å²) in [6.07, 6.45) is 1.04. The lowest BCUT2D eigenvalue weighted by Crippen LogP contribution is -2.45. The molecule has 0 aliphatic rings. The number of amides is 1. The molecule has 2 atom stereocenters. The van der Waals surface area contributed by atoms with Crippen molar-refractivity contribution < 1.29 is 19.1 Å². The van der Waals surface area contributed by atoms with Crippen molar-refractivity contribution in [2.24, 2.45) is 5.92 Å². The number of alkyl halides is 1. The topological polar surface area (TPSA) is 66.4 Å². The van der Waals surface area contributed by atoms with Crippen LogP contribution in [0.4, 0.5) is 4.39 Å². The van der Waals surface area contributed by atoms with E-state index in [2.05, 4.69) is 21.2 Å². The van der Waals surface area contributed by atoms with Gasteiger partial charge in [-0.05, 0) is 30.5 Å². The van der Waals surface area contributed by atoms with Gasteiger partial charge in [-0.2, -0.15) is 0 Å². The number of carbonyl (C=O) groups is 2. The van der Waals surface area contributed by atoms with E-state index in [0.717, 1.165) is 10.0 Å². The average molecular weight is 346 g/mol. The molecule has 0 spiro atoms. The van der Waals surface area contributed by atoms with Gasteiger partial charge in [-0.15, -0.1) is 0 Å². The molecule has 0 aliphatic heterocycles. The largest absolute Gasteiger partial charge is 0.480 e. The second kappa shape index (κ2) is 7.99. The molecular weight excluding hydrogens is 329 g/mol. The quantitative estimate of drug-likeness (QED) is 0.798. The van der Waals surface area contributed by atoms with Crippen molar-refractivity contribution >= 4 is 27.8 Å². The summed E-state index contributed by atoms with van der Waals surface area (Å²) < 4.78 is 13.4. The Kier molecular flexibility index (Phi) is 6.64. The molecule has 0 saturated heterocycles. The van der Waals surface area contributed by atoms with E-state index in [0.29, 0.717) is 12.8 Å². The van der Waals surface area contributed by atoms with Crippen molar-refractivity contribution in [1.82, 2.24) is 5.32 Å². The number of carbonyl (C=O) groups excluding carboxylic acids is 1. The molecule has 1 aromatic carbocycles. The molecule has 0 saturated carbocycles. The van der Waals surface area contributed by atoms with Gasteiger partial charge in [0.25, 0.3) is 0 Å². The zero-order valence-electron chi connectivity index (χ0n) is 11.1. The Morgan fingerprint density at radius 3 is 2.65 bits per heavy atom. The van der Waals surface area contributed by atoms with Crippen LogP contribution < -0.4 is 5.32 Å². The van der Waals surface area contributed by atoms with Gasteiger partial charge in [0, 0.05) is 10.4 Å². The molecule has 20 heavy (non-hydrogen) atoms. The van der Waals surface area contributed by atoms with Crippen LogP contribution in [0.3, 0.4) is 0 Å². The first-order valence-electron chi connectivity index (χ1n) is 6.31. The number of benzene rings is 1. The second-order valence-corrected chi connectivity index (χ2v) is 5.41. The zero-order valence-corrected chi connectivity index (χ0v) is 12.7. The molecule has 0 aliphatic carbocycles. The molecule has 1 rings (SSSR count). The van der Waals surface area contributed by atoms with Crippen molar-refractivity contribution in [2.75, 3.05) is 6.67 Å². The van der Waals surface area contributed by atoms with E-state index in [1.807, 2.05) is 31.2 Å². The lowest BCUT2D eigenvalue weighted by atomic mass is 9.96. The molecule has 1 aromatic rings. The van der Waals surface area contributed by atoms with Crippen molar-refractivity contribution in [1.29, 1.82) is 0 Å². The van der Waals surface area contributed by atoms with E-state index in [-0.39, 0.29) is 5.92 Å². The fraction of sp³-hybridized carbons (Fsp3) is 0.429. The van der Waals surface area contributed by atoms with Crippen LogP contribution in [-0.4, -0.2) is 29.7 Å². The second-order valence-electron chi connectivity index (χ2n) is 4.49. The minimum Gasteiger partial charge on any atom is -0.480 e. The summed E-state index contributed by atoms with van der Waals surface area (Å²) in [5.41, 5.74) is 0.966. The molecule has 0 heterocycles. The summed E-state index contributed by atoms with van der Waals surface area (Å²) in [5.74, 6) is -2.17. The molecule has 1 amide bonds. The summed E-state index contributed by atoms with van der Waals surface area (Å²) in [5, 5.41) is 11.0. The molecule has 0 fully saturated rings. The molecule has 0 aromatic heterocycles. The Morgan fingerprint density at radius 2 is 2.15 bits per heavy atom. The number of aliphatic carboxylic acids is 1. The number of carboxylic acids is 1. The van der Waals surface area contributed by atoms with Gasteiger partial charge in [-0.1, -0.05) is 35.0 Å². The van der Waals surface area contributed by atoms with E-state index >= 15 is 0 Å². The smallest absolute Gasteiger partial charge is 0.328 e. The number of hydrogen-bond donors (Lipinski definition) is 2. The molecule has 4 nitrogen and oxygen atoms in total. The average Bonchev–Trinajstić information content (AvgIpc) is 2.41. The third kappa shape index (κ3) is 4.92. The van der Waals surface area contributed by atoms with Gasteiger partial charge in [0.15, 0.2) is 6.04 Å². The number of hydrogen-bond acceptors (Lipinski definition) is 2. The maximum absolute atomic E-state index is 12.5. The molecule has 2 unspecified atom stereocenters. The lowest BCUT2D eigenvalue weighted by molar-refractivity contribution is -0.142. The van der Waals surface area contributed by atoms with E-state index in [9.17, 15) is 14.0 Å². The molecule has 0 radical (unpaired) electrons. The Hall–Kier alpha value is -1.43. The maximum Gasteiger partial charge on any atom is 0.328 e. The van der Waals surface area contributed by atoms with E-state index in [4.69, 9.17) is 5.11 Å². The third-order valence-corrected chi connectivity index (χ3v) is 3.50. The van der Waals surface area contributed by atoms with Crippen molar-refractivity contribution in [2.45, 2.75) is 25.8 Å². The number of carboxylic acid groups (broad SMARTS) is 1. The van der Waals surface area contributed by atoms with Gasteiger partial charge in [0.1, 0.15) is 6.67 Å². The van der Waals surface area contributed by atoms with E-state index in [1.54, 1.807) is 0 Å². The first-order valence-corrected chi connectivity index (χ1v) is 7.10. The van der Waals surface area contributed by atoms with Crippen LogP contribution in [0, 0.1) is 5.92 Å². The zero-order chi connectivity index (χ0) is 15.1. The summed E-state index contributed by atoms with van der Waals surface area (Å²) in [6.45, 7) is 0.724. The van der Waals surface area contributed by atoms with Crippen LogP contribution >= 0.6 is 15.9 Å². The monoisotopic (exact) mass is 345 g/mol. The van der Waals surface area contributed by atoms with Gasteiger partial charge < -0.3 is 10.4 Å². The fourth-order valence-corrected chi connectivity index (χ4v) is 2.27. The Balaban J connectivity index is 2.70. The molecule has 0 bridgehead atoms. The first kappa shape index (κ1) is 16.6. The van der Waals surface area contributed by atoms with Crippen LogP contribution in [0.1, 0.15) is 18.9 Å². The normalized spacial score (nSPS) is 13.6. The standard InChI is InChI=1S/C14H17BrFNO3/c1-2-10(6-9-4-3-5-11(15)7-9)13(18)17-12(8-16)14(19)20/h3-5,7,10,12H,2,6,8H2,1H3,(H,17,18)(H,19,20). The summed E-state index contributed by atoms with van der Waals surface area (Å²) >= 11 is 3.35. The van der Waals surface area contributed by atoms with Gasteiger partial charge in [0.2, 0.25) is 5.91 Å². The summed E-state index contributed by atoms with van der Waals surface area (Å²) in [7, 11) is 0. The fourth-order valence-electron chi connectivity index (χ4n) is 1.83.